The maximum atomic E-state index is 12.0. The fraction of sp³-hybridized carbons (Fsp3) is 0.222. The summed E-state index contributed by atoms with van der Waals surface area (Å²) in [6, 6.07) is 15.1. The predicted octanol–water partition coefficient (Wildman–Crippen LogP) is 4.05. The van der Waals surface area contributed by atoms with Crippen molar-refractivity contribution in [3.8, 4) is 11.8 Å². The molecule has 2 aromatic carbocycles. The van der Waals surface area contributed by atoms with Gasteiger partial charge in [0.05, 0.1) is 6.54 Å². The van der Waals surface area contributed by atoms with Crippen molar-refractivity contribution in [2.24, 2.45) is 0 Å². The molecule has 1 nitrogen and oxygen atoms in total. The van der Waals surface area contributed by atoms with Crippen LogP contribution in [0.15, 0.2) is 48.5 Å². The van der Waals surface area contributed by atoms with Crippen LogP contribution < -0.4 is 5.32 Å². The minimum atomic E-state index is -4.18. The third-order valence-corrected chi connectivity index (χ3v) is 3.01. The highest BCUT2D eigenvalue weighted by Crippen LogP contribution is 2.12. The van der Waals surface area contributed by atoms with Gasteiger partial charge < -0.3 is 5.32 Å². The number of aryl methyl sites for hydroxylation is 1. The van der Waals surface area contributed by atoms with Crippen molar-refractivity contribution in [2.45, 2.75) is 19.6 Å². The fourth-order valence-corrected chi connectivity index (χ4v) is 1.84. The van der Waals surface area contributed by atoms with E-state index in [-0.39, 0.29) is 6.54 Å². The van der Waals surface area contributed by atoms with Crippen LogP contribution in [0.3, 0.4) is 0 Å². The van der Waals surface area contributed by atoms with Crippen LogP contribution in [0.5, 0.6) is 0 Å². The van der Waals surface area contributed by atoms with E-state index in [0.29, 0.717) is 0 Å². The summed E-state index contributed by atoms with van der Waals surface area (Å²) in [4.78, 5) is 0. The fourth-order valence-electron chi connectivity index (χ4n) is 1.84. The Morgan fingerprint density at radius 2 is 1.36 bits per heavy atom. The van der Waals surface area contributed by atoms with Gasteiger partial charge in [0.2, 0.25) is 0 Å². The lowest BCUT2D eigenvalue weighted by atomic mass is 10.1. The van der Waals surface area contributed by atoms with Crippen molar-refractivity contribution >= 4 is 0 Å². The first-order valence-corrected chi connectivity index (χ1v) is 6.87. The zero-order valence-electron chi connectivity index (χ0n) is 12.2. The van der Waals surface area contributed by atoms with Crippen molar-refractivity contribution in [1.29, 1.82) is 0 Å². The van der Waals surface area contributed by atoms with Gasteiger partial charge in [-0.2, -0.15) is 13.2 Å². The highest BCUT2D eigenvalue weighted by atomic mass is 19.4. The summed E-state index contributed by atoms with van der Waals surface area (Å²) in [5.74, 6) is 6.09. The number of hydrogen-bond donors (Lipinski definition) is 1. The molecule has 2 rings (SSSR count). The zero-order valence-corrected chi connectivity index (χ0v) is 12.2. The van der Waals surface area contributed by atoms with E-state index in [2.05, 4.69) is 17.2 Å². The van der Waals surface area contributed by atoms with E-state index in [9.17, 15) is 13.2 Å². The SMILES string of the molecule is Cc1ccc(C#Cc2ccc(CNCC(F)(F)F)cc2)cc1. The molecular formula is C18H16F3N. The van der Waals surface area contributed by atoms with E-state index in [4.69, 9.17) is 0 Å². The quantitative estimate of drug-likeness (QED) is 0.844. The number of rotatable bonds is 3. The summed E-state index contributed by atoms with van der Waals surface area (Å²) in [6.07, 6.45) is -4.18. The largest absolute Gasteiger partial charge is 0.401 e. The second-order valence-corrected chi connectivity index (χ2v) is 5.03. The molecular weight excluding hydrogens is 287 g/mol. The Bertz CT molecular complexity index is 659. The molecule has 0 fully saturated rings. The molecule has 2 aromatic rings. The molecule has 0 unspecified atom stereocenters. The van der Waals surface area contributed by atoms with Crippen LogP contribution in [0.1, 0.15) is 22.3 Å². The summed E-state index contributed by atoms with van der Waals surface area (Å²) in [5, 5.41) is 2.36. The van der Waals surface area contributed by atoms with Crippen LogP contribution in [0.2, 0.25) is 0 Å². The highest BCUT2D eigenvalue weighted by Gasteiger charge is 2.25. The summed E-state index contributed by atoms with van der Waals surface area (Å²) < 4.78 is 36.1. The molecule has 1 N–H and O–H groups in total. The molecule has 0 bridgehead atoms. The molecule has 0 atom stereocenters. The topological polar surface area (TPSA) is 12.0 Å². The van der Waals surface area contributed by atoms with Crippen molar-refractivity contribution in [1.82, 2.24) is 5.32 Å². The molecule has 0 amide bonds. The smallest absolute Gasteiger partial charge is 0.305 e. The van der Waals surface area contributed by atoms with Crippen molar-refractivity contribution in [3.05, 3.63) is 70.8 Å². The number of benzene rings is 2. The van der Waals surface area contributed by atoms with E-state index in [1.807, 2.05) is 43.3 Å². The predicted molar refractivity (Wildman–Crippen MR) is 81.4 cm³/mol. The molecule has 4 heteroatoms. The number of nitrogens with one attached hydrogen (secondary N) is 1. The van der Waals surface area contributed by atoms with Crippen LogP contribution >= 0.6 is 0 Å². The van der Waals surface area contributed by atoms with Crippen LogP contribution in [0.25, 0.3) is 0 Å². The molecule has 114 valence electrons. The van der Waals surface area contributed by atoms with Gasteiger partial charge in [-0.25, -0.2) is 0 Å². The van der Waals surface area contributed by atoms with Gasteiger partial charge in [0.15, 0.2) is 0 Å². The molecule has 0 heterocycles. The minimum absolute atomic E-state index is 0.186. The molecule has 22 heavy (non-hydrogen) atoms. The molecule has 0 spiro atoms. The standard InChI is InChI=1S/C18H16F3N/c1-14-2-4-15(5-3-14)6-7-16-8-10-17(11-9-16)12-22-13-18(19,20)21/h2-5,8-11,22H,12-13H2,1H3. The summed E-state index contributed by atoms with van der Waals surface area (Å²) >= 11 is 0. The molecule has 0 saturated heterocycles. The van der Waals surface area contributed by atoms with E-state index in [0.717, 1.165) is 16.7 Å². The lowest BCUT2D eigenvalue weighted by molar-refractivity contribution is -0.125. The van der Waals surface area contributed by atoms with Gasteiger partial charge in [-0.3, -0.25) is 0 Å². The third-order valence-electron chi connectivity index (χ3n) is 3.01. The van der Waals surface area contributed by atoms with Crippen molar-refractivity contribution < 1.29 is 13.2 Å². The summed E-state index contributed by atoms with van der Waals surface area (Å²) in [7, 11) is 0. The Hall–Kier alpha value is -2.25. The van der Waals surface area contributed by atoms with Gasteiger partial charge in [-0.1, -0.05) is 41.7 Å². The maximum absolute atomic E-state index is 12.0. The third kappa shape index (κ3) is 5.63. The van der Waals surface area contributed by atoms with Gasteiger partial charge in [-0.05, 0) is 36.8 Å². The van der Waals surface area contributed by atoms with E-state index >= 15 is 0 Å². The number of alkyl halides is 3. The van der Waals surface area contributed by atoms with Crippen LogP contribution in [0.4, 0.5) is 13.2 Å². The average Bonchev–Trinajstić information content (AvgIpc) is 2.47. The summed E-state index contributed by atoms with van der Waals surface area (Å²) in [6.45, 7) is 1.22. The molecule has 0 aromatic heterocycles. The lowest BCUT2D eigenvalue weighted by Crippen LogP contribution is -2.28. The van der Waals surface area contributed by atoms with Gasteiger partial charge in [0.25, 0.3) is 0 Å². The van der Waals surface area contributed by atoms with Gasteiger partial charge >= 0.3 is 6.18 Å². The zero-order chi connectivity index (χ0) is 16.0. The monoisotopic (exact) mass is 303 g/mol. The minimum Gasteiger partial charge on any atom is -0.305 e. The average molecular weight is 303 g/mol. The highest BCUT2D eigenvalue weighted by molar-refractivity contribution is 5.43. The van der Waals surface area contributed by atoms with Crippen LogP contribution in [0, 0.1) is 18.8 Å². The second-order valence-electron chi connectivity index (χ2n) is 5.03. The molecule has 0 radical (unpaired) electrons. The first kappa shape index (κ1) is 16.1. The summed E-state index contributed by atoms with van der Waals surface area (Å²) in [5.41, 5.74) is 3.74. The Balaban J connectivity index is 1.93. The maximum Gasteiger partial charge on any atom is 0.401 e. The molecule has 0 saturated carbocycles. The number of hydrogen-bond acceptors (Lipinski definition) is 1. The Kier molecular flexibility index (Phi) is 5.24. The van der Waals surface area contributed by atoms with Gasteiger partial charge in [0, 0.05) is 17.7 Å². The van der Waals surface area contributed by atoms with Gasteiger partial charge in [0.1, 0.15) is 0 Å². The Labute approximate surface area is 128 Å². The lowest BCUT2D eigenvalue weighted by Gasteiger charge is -2.08. The molecule has 0 aliphatic carbocycles. The number of halogens is 3. The van der Waals surface area contributed by atoms with Crippen LogP contribution in [-0.2, 0) is 6.54 Å². The van der Waals surface area contributed by atoms with E-state index in [1.54, 1.807) is 12.1 Å². The Morgan fingerprint density at radius 1 is 0.864 bits per heavy atom. The second kappa shape index (κ2) is 7.15. The van der Waals surface area contributed by atoms with Gasteiger partial charge in [-0.15, -0.1) is 0 Å². The van der Waals surface area contributed by atoms with E-state index < -0.39 is 12.7 Å². The normalized spacial score (nSPS) is 10.9. The Morgan fingerprint density at radius 3 is 1.86 bits per heavy atom. The van der Waals surface area contributed by atoms with Crippen LogP contribution in [-0.4, -0.2) is 12.7 Å². The van der Waals surface area contributed by atoms with E-state index in [1.165, 1.54) is 5.56 Å². The van der Waals surface area contributed by atoms with Crippen molar-refractivity contribution in [2.75, 3.05) is 6.54 Å². The van der Waals surface area contributed by atoms with Crippen molar-refractivity contribution in [3.63, 3.8) is 0 Å². The molecule has 0 aliphatic rings. The first-order valence-electron chi connectivity index (χ1n) is 6.87. The first-order chi connectivity index (χ1) is 10.4. The molecule has 0 aliphatic heterocycles.